The molecule has 21 heavy (non-hydrogen) atoms. The number of carbonyl (C=O) groups is 2. The zero-order chi connectivity index (χ0) is 15.4. The summed E-state index contributed by atoms with van der Waals surface area (Å²) in [5.41, 5.74) is 0.925. The molecule has 0 aromatic heterocycles. The van der Waals surface area contributed by atoms with Crippen molar-refractivity contribution in [2.24, 2.45) is 11.8 Å². The molecular weight excluding hydrogens is 290 g/mol. The maximum Gasteiger partial charge on any atom is 0.306 e. The van der Waals surface area contributed by atoms with Crippen LogP contribution in [0.2, 0.25) is 5.02 Å². The summed E-state index contributed by atoms with van der Waals surface area (Å²) in [5.74, 6) is -1.01. The highest BCUT2D eigenvalue weighted by atomic mass is 35.5. The molecule has 4 nitrogen and oxygen atoms in total. The van der Waals surface area contributed by atoms with Gasteiger partial charge in [0, 0.05) is 24.5 Å². The molecule has 5 heteroatoms. The number of carboxylic acid groups (broad SMARTS) is 1. The second kappa shape index (κ2) is 6.94. The third-order valence-electron chi connectivity index (χ3n) is 4.17. The van der Waals surface area contributed by atoms with Crippen LogP contribution in [0.1, 0.15) is 31.2 Å². The van der Waals surface area contributed by atoms with Crippen molar-refractivity contribution < 1.29 is 14.7 Å². The maximum absolute atomic E-state index is 12.4. The molecule has 1 aromatic rings. The fraction of sp³-hybridized carbons (Fsp3) is 0.500. The molecule has 1 amide bonds. The van der Waals surface area contributed by atoms with E-state index in [0.29, 0.717) is 37.3 Å². The molecule has 1 aromatic carbocycles. The van der Waals surface area contributed by atoms with Gasteiger partial charge in [-0.2, -0.15) is 0 Å². The highest BCUT2D eigenvalue weighted by Crippen LogP contribution is 2.30. The molecule has 0 saturated heterocycles. The van der Waals surface area contributed by atoms with Crippen molar-refractivity contribution in [3.63, 3.8) is 0 Å². The lowest BCUT2D eigenvalue weighted by Gasteiger charge is -2.29. The average molecular weight is 310 g/mol. The van der Waals surface area contributed by atoms with Crippen molar-refractivity contribution in [3.05, 3.63) is 34.9 Å². The smallest absolute Gasteiger partial charge is 0.306 e. The van der Waals surface area contributed by atoms with E-state index in [2.05, 4.69) is 0 Å². The first-order chi connectivity index (χ1) is 9.99. The Kier molecular flexibility index (Phi) is 5.23. The van der Waals surface area contributed by atoms with Crippen LogP contribution < -0.4 is 0 Å². The van der Waals surface area contributed by atoms with Crippen LogP contribution in [0.3, 0.4) is 0 Å². The van der Waals surface area contributed by atoms with Crippen LogP contribution >= 0.6 is 11.6 Å². The number of halogens is 1. The molecule has 0 heterocycles. The molecule has 114 valence electrons. The topological polar surface area (TPSA) is 57.6 Å². The van der Waals surface area contributed by atoms with Crippen molar-refractivity contribution in [3.8, 4) is 0 Å². The fourth-order valence-electron chi connectivity index (χ4n) is 2.86. The lowest BCUT2D eigenvalue weighted by atomic mass is 9.81. The van der Waals surface area contributed by atoms with Gasteiger partial charge in [-0.15, -0.1) is 0 Å². The Hall–Kier alpha value is -1.55. The second-order valence-electron chi connectivity index (χ2n) is 5.67. The minimum absolute atomic E-state index is 0.0620. The Bertz CT molecular complexity index is 524. The first-order valence-electron chi connectivity index (χ1n) is 7.20. The lowest BCUT2D eigenvalue weighted by molar-refractivity contribution is -0.145. The van der Waals surface area contributed by atoms with Gasteiger partial charge >= 0.3 is 5.97 Å². The number of hydrogen-bond donors (Lipinski definition) is 1. The first-order valence-corrected chi connectivity index (χ1v) is 7.58. The highest BCUT2D eigenvalue weighted by Gasteiger charge is 2.31. The van der Waals surface area contributed by atoms with Crippen molar-refractivity contribution >= 4 is 23.5 Å². The zero-order valence-corrected chi connectivity index (χ0v) is 12.8. The minimum atomic E-state index is -0.745. The molecule has 0 atom stereocenters. The highest BCUT2D eigenvalue weighted by molar-refractivity contribution is 6.31. The van der Waals surface area contributed by atoms with Crippen LogP contribution in [-0.2, 0) is 16.1 Å². The van der Waals surface area contributed by atoms with Gasteiger partial charge in [-0.05, 0) is 37.3 Å². The van der Waals surface area contributed by atoms with Gasteiger partial charge in [0.05, 0.1) is 5.92 Å². The molecule has 0 aliphatic heterocycles. The largest absolute Gasteiger partial charge is 0.481 e. The molecule has 0 radical (unpaired) electrons. The second-order valence-corrected chi connectivity index (χ2v) is 6.08. The Morgan fingerprint density at radius 3 is 2.33 bits per heavy atom. The van der Waals surface area contributed by atoms with Crippen LogP contribution in [0.15, 0.2) is 24.3 Å². The number of carboxylic acids is 1. The normalized spacial score (nSPS) is 21.8. The third kappa shape index (κ3) is 3.97. The van der Waals surface area contributed by atoms with E-state index >= 15 is 0 Å². The summed E-state index contributed by atoms with van der Waals surface area (Å²) >= 11 is 6.11. The molecule has 0 bridgehead atoms. The summed E-state index contributed by atoms with van der Waals surface area (Å²) in [6.45, 7) is 0.483. The monoisotopic (exact) mass is 309 g/mol. The molecule has 0 spiro atoms. The Morgan fingerprint density at radius 1 is 1.19 bits per heavy atom. The maximum atomic E-state index is 12.4. The van der Waals surface area contributed by atoms with Crippen molar-refractivity contribution in [2.45, 2.75) is 32.2 Å². The van der Waals surface area contributed by atoms with Crippen LogP contribution in [0.25, 0.3) is 0 Å². The summed E-state index contributed by atoms with van der Waals surface area (Å²) in [7, 11) is 1.77. The van der Waals surface area contributed by atoms with Gasteiger partial charge in [-0.25, -0.2) is 0 Å². The summed E-state index contributed by atoms with van der Waals surface area (Å²) < 4.78 is 0. The lowest BCUT2D eigenvalue weighted by Crippen LogP contribution is -2.35. The standard InChI is InChI=1S/C16H20ClNO3/c1-18(10-13-4-2-3-5-14(13)17)15(19)11-6-8-12(9-7-11)16(20)21/h2-5,11-12H,6-10H2,1H3,(H,20,21). The summed E-state index contributed by atoms with van der Waals surface area (Å²) in [6, 6.07) is 7.49. The predicted molar refractivity (Wildman–Crippen MR) is 81.0 cm³/mol. The van der Waals surface area contributed by atoms with E-state index in [1.165, 1.54) is 0 Å². The molecule has 2 rings (SSSR count). The van der Waals surface area contributed by atoms with Crippen LogP contribution in [0, 0.1) is 11.8 Å². The molecule has 1 fully saturated rings. The van der Waals surface area contributed by atoms with Crippen molar-refractivity contribution in [1.82, 2.24) is 4.90 Å². The summed E-state index contributed by atoms with van der Waals surface area (Å²) in [4.78, 5) is 25.0. The predicted octanol–water partition coefficient (Wildman–Crippen LogP) is 3.19. The van der Waals surface area contributed by atoms with Gasteiger partial charge in [0.15, 0.2) is 0 Å². The SMILES string of the molecule is CN(Cc1ccccc1Cl)C(=O)C1CCC(C(=O)O)CC1. The first kappa shape index (κ1) is 15.8. The van der Waals surface area contributed by atoms with Gasteiger partial charge in [-0.1, -0.05) is 29.8 Å². The van der Waals surface area contributed by atoms with E-state index in [-0.39, 0.29) is 17.7 Å². The van der Waals surface area contributed by atoms with Gasteiger partial charge < -0.3 is 10.0 Å². The number of aliphatic carboxylic acids is 1. The van der Waals surface area contributed by atoms with Gasteiger partial charge in [0.25, 0.3) is 0 Å². The number of amides is 1. The molecule has 0 unspecified atom stereocenters. The number of nitrogens with zero attached hydrogens (tertiary/aromatic N) is 1. The fourth-order valence-corrected chi connectivity index (χ4v) is 3.05. The van der Waals surface area contributed by atoms with E-state index in [1.54, 1.807) is 11.9 Å². The van der Waals surface area contributed by atoms with E-state index in [1.807, 2.05) is 24.3 Å². The average Bonchev–Trinajstić information content (AvgIpc) is 2.49. The zero-order valence-electron chi connectivity index (χ0n) is 12.1. The Morgan fingerprint density at radius 2 is 1.76 bits per heavy atom. The Labute approximate surface area is 129 Å². The number of hydrogen-bond acceptors (Lipinski definition) is 2. The number of benzene rings is 1. The van der Waals surface area contributed by atoms with Gasteiger partial charge in [0.1, 0.15) is 0 Å². The van der Waals surface area contributed by atoms with Crippen LogP contribution in [0.5, 0.6) is 0 Å². The number of carbonyl (C=O) groups excluding carboxylic acids is 1. The summed E-state index contributed by atoms with van der Waals surface area (Å²) in [5, 5.41) is 9.65. The van der Waals surface area contributed by atoms with E-state index in [9.17, 15) is 9.59 Å². The summed E-state index contributed by atoms with van der Waals surface area (Å²) in [6.07, 6.45) is 2.49. The number of rotatable bonds is 4. The third-order valence-corrected chi connectivity index (χ3v) is 4.54. The molecule has 1 aliphatic rings. The van der Waals surface area contributed by atoms with Crippen molar-refractivity contribution in [2.75, 3.05) is 7.05 Å². The van der Waals surface area contributed by atoms with Gasteiger partial charge in [-0.3, -0.25) is 9.59 Å². The van der Waals surface area contributed by atoms with Crippen molar-refractivity contribution in [1.29, 1.82) is 0 Å². The minimum Gasteiger partial charge on any atom is -0.481 e. The van der Waals surface area contributed by atoms with Gasteiger partial charge in [0.2, 0.25) is 5.91 Å². The van der Waals surface area contributed by atoms with Crippen LogP contribution in [0.4, 0.5) is 0 Å². The molecule has 1 N–H and O–H groups in total. The molecular formula is C16H20ClNO3. The molecule has 1 aliphatic carbocycles. The van der Waals surface area contributed by atoms with E-state index in [4.69, 9.17) is 16.7 Å². The molecule has 1 saturated carbocycles. The van der Waals surface area contributed by atoms with E-state index in [0.717, 1.165) is 5.56 Å². The van der Waals surface area contributed by atoms with Crippen LogP contribution in [-0.4, -0.2) is 28.9 Å². The van der Waals surface area contributed by atoms with E-state index < -0.39 is 5.97 Å². The quantitative estimate of drug-likeness (QED) is 0.929. The Balaban J connectivity index is 1.92.